The second-order valence-corrected chi connectivity index (χ2v) is 18.2. The highest BCUT2D eigenvalue weighted by molar-refractivity contribution is 8.17. The van der Waals surface area contributed by atoms with Gasteiger partial charge < -0.3 is 15.4 Å². The number of Topliss-reactive ketones (excluding diaryl/α,β-unsaturated/α-hetero) is 1. The largest absolute Gasteiger partial charge is 0.440 e. The van der Waals surface area contributed by atoms with Crippen LogP contribution in [0.15, 0.2) is 54.6 Å². The number of halogens is 1. The molecule has 0 bridgehead atoms. The van der Waals surface area contributed by atoms with Crippen LogP contribution in [0.1, 0.15) is 95.3 Å². The molecule has 2 aliphatic heterocycles. The number of rotatable bonds is 14. The van der Waals surface area contributed by atoms with Crippen molar-refractivity contribution < 1.29 is 23.9 Å². The lowest BCUT2D eigenvalue weighted by Gasteiger charge is -2.28. The molecule has 0 radical (unpaired) electrons. The van der Waals surface area contributed by atoms with Crippen LogP contribution in [0.3, 0.4) is 0 Å². The van der Waals surface area contributed by atoms with Gasteiger partial charge in [-0.25, -0.2) is 4.79 Å². The molecule has 0 spiro atoms. The maximum absolute atomic E-state index is 14.2. The molecule has 0 aromatic heterocycles. The van der Waals surface area contributed by atoms with E-state index < -0.39 is 57.1 Å². The lowest BCUT2D eigenvalue weighted by molar-refractivity contribution is -0.127. The van der Waals surface area contributed by atoms with Crippen LogP contribution in [0.5, 0.6) is 0 Å². The first-order valence-corrected chi connectivity index (χ1v) is 20.9. The minimum absolute atomic E-state index is 0.112. The quantitative estimate of drug-likeness (QED) is 0.135. The first-order valence-electron chi connectivity index (χ1n) is 18.0. The monoisotopic (exact) mass is 752 g/mol. The molecule has 3 fully saturated rings. The number of carbonyl (C=O) groups is 4. The van der Waals surface area contributed by atoms with E-state index in [0.29, 0.717) is 24.3 Å². The van der Waals surface area contributed by atoms with E-state index in [1.54, 1.807) is 6.07 Å². The Balaban J connectivity index is 1.33. The Hall–Kier alpha value is -3.33. The topological polar surface area (TPSA) is 137 Å². The molecule has 3 aliphatic rings. The summed E-state index contributed by atoms with van der Waals surface area (Å²) in [5.41, 5.74) is 1.30. The summed E-state index contributed by atoms with van der Waals surface area (Å²) in [5.74, 6) is 0.447. The van der Waals surface area contributed by atoms with E-state index in [4.69, 9.17) is 16.3 Å². The summed E-state index contributed by atoms with van der Waals surface area (Å²) in [7, 11) is -0.454. The van der Waals surface area contributed by atoms with Gasteiger partial charge in [0, 0.05) is 22.9 Å². The van der Waals surface area contributed by atoms with Crippen molar-refractivity contribution in [2.24, 2.45) is 11.8 Å². The summed E-state index contributed by atoms with van der Waals surface area (Å²) in [6.45, 7) is 3.87. The zero-order chi connectivity index (χ0) is 36.4. The number of benzene rings is 2. The van der Waals surface area contributed by atoms with Crippen molar-refractivity contribution >= 4 is 62.6 Å². The molecule has 2 aromatic carbocycles. The molecule has 2 saturated heterocycles. The van der Waals surface area contributed by atoms with Crippen molar-refractivity contribution in [2.75, 3.05) is 11.5 Å². The average molecular weight is 753 g/mol. The van der Waals surface area contributed by atoms with Crippen molar-refractivity contribution in [3.63, 3.8) is 0 Å². The molecule has 1 aliphatic carbocycles. The third-order valence-corrected chi connectivity index (χ3v) is 13.6. The summed E-state index contributed by atoms with van der Waals surface area (Å²) >= 11 is 7.23. The number of amides is 3. The number of ether oxygens (including phenoxy) is 1. The smallest absolute Gasteiger partial charge is 0.417 e. The molecule has 274 valence electrons. The first-order chi connectivity index (χ1) is 24.5. The van der Waals surface area contributed by atoms with Gasteiger partial charge in [-0.15, -0.1) is 0 Å². The average Bonchev–Trinajstić information content (AvgIpc) is 3.73. The third-order valence-electron chi connectivity index (χ3n) is 9.97. The van der Waals surface area contributed by atoms with E-state index >= 15 is 0 Å². The summed E-state index contributed by atoms with van der Waals surface area (Å²) < 4.78 is 8.75. The fourth-order valence-corrected chi connectivity index (χ4v) is 10.7. The first kappa shape index (κ1) is 38.9. The number of nitriles is 1. The van der Waals surface area contributed by atoms with Crippen molar-refractivity contribution in [1.29, 1.82) is 5.26 Å². The van der Waals surface area contributed by atoms with E-state index in [9.17, 15) is 24.4 Å². The highest BCUT2D eigenvalue weighted by atomic mass is 35.5. The van der Waals surface area contributed by atoms with Crippen molar-refractivity contribution in [2.45, 2.75) is 107 Å². The highest BCUT2D eigenvalue weighted by Gasteiger charge is 2.41. The van der Waals surface area contributed by atoms with E-state index in [1.807, 2.05) is 62.4 Å². The van der Waals surface area contributed by atoms with Crippen molar-refractivity contribution in [1.82, 2.24) is 15.4 Å². The molecule has 51 heavy (non-hydrogen) atoms. The lowest BCUT2D eigenvalue weighted by Crippen LogP contribution is -2.49. The van der Waals surface area contributed by atoms with Gasteiger partial charge in [-0.05, 0) is 98.6 Å². The zero-order valence-corrected chi connectivity index (χ0v) is 31.8. The number of carbonyl (C=O) groups excluding carboxylic acids is 4. The zero-order valence-electron chi connectivity index (χ0n) is 29.5. The van der Waals surface area contributed by atoms with E-state index in [2.05, 4.69) is 21.4 Å². The summed E-state index contributed by atoms with van der Waals surface area (Å²) in [6.07, 6.45) is 7.48. The van der Waals surface area contributed by atoms with E-state index in [-0.39, 0.29) is 23.1 Å². The molecule has 2 heterocycles. The van der Waals surface area contributed by atoms with Crippen LogP contribution in [-0.2, 0) is 25.5 Å². The number of hydrogen-bond acceptors (Lipinski definition) is 7. The van der Waals surface area contributed by atoms with Crippen LogP contribution >= 0.6 is 34.0 Å². The third kappa shape index (κ3) is 11.3. The Morgan fingerprint density at radius 3 is 2.41 bits per heavy atom. The standard InChI is InChI=1S/C39H49ClN4O5S2/c1-39(2)24-29(36(46)43-39)23-31(35(45)34(25-41)51-18-9-10-19-51)42-37(47)33(22-26-12-5-3-6-13-26)50-44-38(48)49-32(28-15-7-4-8-16-28)21-27-14-11-17-30(40)20-27/h4,7-8,11,14-17,20,26,29,31-33H,3,5-6,9-10,12-13,18-19,21-24H2,1-2H3,(H,42,47)(H,43,46)(H,44,48)/t29?,31?,32?,33-/m0/s1. The molecule has 2 aromatic rings. The molecule has 3 amide bonds. The van der Waals surface area contributed by atoms with Gasteiger partial charge in [-0.2, -0.15) is 15.7 Å². The molecule has 3 N–H and O–H groups in total. The Morgan fingerprint density at radius 2 is 1.76 bits per heavy atom. The van der Waals surface area contributed by atoms with Gasteiger partial charge in [-0.1, -0.05) is 86.2 Å². The van der Waals surface area contributed by atoms with Gasteiger partial charge in [0.05, 0.1) is 6.04 Å². The van der Waals surface area contributed by atoms with Gasteiger partial charge in [0.15, 0.2) is 0 Å². The second-order valence-electron chi connectivity index (χ2n) is 14.6. The fourth-order valence-electron chi connectivity index (χ4n) is 7.43. The molecule has 4 atom stereocenters. The number of hydrogen-bond donors (Lipinski definition) is 3. The molecule has 1 saturated carbocycles. The Morgan fingerprint density at radius 1 is 1.04 bits per heavy atom. The van der Waals surface area contributed by atoms with Crippen LogP contribution in [0.2, 0.25) is 5.02 Å². The fraction of sp³-hybridized carbons (Fsp3) is 0.538. The molecule has 9 nitrogen and oxygen atoms in total. The van der Waals surface area contributed by atoms with Crippen LogP contribution in [0.25, 0.3) is 0 Å². The van der Waals surface area contributed by atoms with Crippen LogP contribution in [0.4, 0.5) is 4.79 Å². The predicted octanol–water partition coefficient (Wildman–Crippen LogP) is 7.45. The molecule has 5 rings (SSSR count). The summed E-state index contributed by atoms with van der Waals surface area (Å²) in [4.78, 5) is 54.8. The van der Waals surface area contributed by atoms with Gasteiger partial charge in [-0.3, -0.25) is 19.1 Å². The molecule has 12 heteroatoms. The predicted molar refractivity (Wildman–Crippen MR) is 206 cm³/mol. The summed E-state index contributed by atoms with van der Waals surface area (Å²) in [5, 5.41) is 16.0. The number of nitrogens with one attached hydrogen (secondary N) is 3. The van der Waals surface area contributed by atoms with Gasteiger partial charge in [0.25, 0.3) is 0 Å². The second kappa shape index (κ2) is 18.4. The van der Waals surface area contributed by atoms with Crippen molar-refractivity contribution in [3.05, 3.63) is 70.7 Å². The van der Waals surface area contributed by atoms with E-state index in [0.717, 1.165) is 79.5 Å². The van der Waals surface area contributed by atoms with E-state index in [1.165, 1.54) is 0 Å². The van der Waals surface area contributed by atoms with Crippen LogP contribution in [0, 0.1) is 23.2 Å². The van der Waals surface area contributed by atoms with Crippen LogP contribution in [-0.4, -0.2) is 56.9 Å². The highest BCUT2D eigenvalue weighted by Crippen LogP contribution is 2.33. The molecule has 3 unspecified atom stereocenters. The molecular weight excluding hydrogens is 704 g/mol. The number of nitrogens with zero attached hydrogens (tertiary/aromatic N) is 1. The molecular formula is C39H49ClN4O5S2. The van der Waals surface area contributed by atoms with Crippen LogP contribution < -0.4 is 15.4 Å². The minimum Gasteiger partial charge on any atom is -0.440 e. The minimum atomic E-state index is -1.02. The Kier molecular flexibility index (Phi) is 14.1. The lowest BCUT2D eigenvalue weighted by atomic mass is 9.85. The maximum atomic E-state index is 14.2. The Labute approximate surface area is 313 Å². The van der Waals surface area contributed by atoms with Gasteiger partial charge >= 0.3 is 6.09 Å². The Bertz CT molecular complexity index is 1630. The number of ketones is 1. The maximum Gasteiger partial charge on any atom is 0.417 e. The van der Waals surface area contributed by atoms with Gasteiger partial charge in [0.2, 0.25) is 17.6 Å². The summed E-state index contributed by atoms with van der Waals surface area (Å²) in [6, 6.07) is 18.0. The van der Waals surface area contributed by atoms with Crippen molar-refractivity contribution in [3.8, 4) is 6.07 Å². The normalized spacial score (nSPS) is 20.7. The SMILES string of the molecule is CC1(C)CC(CC(NC(=O)[C@H](CC2CCCCC2)SNC(=O)OC(Cc2cccc(Cl)c2)c2ccccc2)C(=O)C(C#N)=S2CCCC2)C(=O)N1. The van der Waals surface area contributed by atoms with Gasteiger partial charge in [0.1, 0.15) is 22.3 Å².